The third kappa shape index (κ3) is 2.54. The summed E-state index contributed by atoms with van der Waals surface area (Å²) in [6.07, 6.45) is 0. The average Bonchev–Trinajstić information content (AvgIpc) is 2.72. The topological polar surface area (TPSA) is 52.3 Å². The van der Waals surface area contributed by atoms with Crippen molar-refractivity contribution in [3.8, 4) is 11.5 Å². The quantitative estimate of drug-likeness (QED) is 0.797. The minimum Gasteiger partial charge on any atom is -0.461 e. The highest BCUT2D eigenvalue weighted by atomic mass is 35.5. The number of benzene rings is 1. The first kappa shape index (κ1) is 12.6. The number of aromatic nitrogens is 1. The van der Waals surface area contributed by atoms with Crippen molar-refractivity contribution in [1.29, 1.82) is 0 Å². The molecule has 0 amide bonds. The molecule has 0 bridgehead atoms. The van der Waals surface area contributed by atoms with Crippen LogP contribution in [0, 0.1) is 6.92 Å². The van der Waals surface area contributed by atoms with Gasteiger partial charge < -0.3 is 9.15 Å². The summed E-state index contributed by atoms with van der Waals surface area (Å²) >= 11 is 5.89. The van der Waals surface area contributed by atoms with E-state index in [1.807, 2.05) is 6.07 Å². The summed E-state index contributed by atoms with van der Waals surface area (Å²) in [5, 5.41) is 0.584. The maximum atomic E-state index is 11.6. The van der Waals surface area contributed by atoms with Crippen LogP contribution in [0.5, 0.6) is 0 Å². The van der Waals surface area contributed by atoms with Crippen LogP contribution in [0.2, 0.25) is 5.02 Å². The van der Waals surface area contributed by atoms with Gasteiger partial charge in [-0.2, -0.15) is 0 Å². The van der Waals surface area contributed by atoms with Crippen molar-refractivity contribution >= 4 is 17.6 Å². The van der Waals surface area contributed by atoms with Crippen molar-refractivity contribution in [3.63, 3.8) is 0 Å². The standard InChI is InChI=1S/C13H12ClNO3/c1-3-17-13(16)11-8(2)18-12(15-11)9-5-4-6-10(14)7-9/h4-7H,3H2,1-2H3. The fourth-order valence-corrected chi connectivity index (χ4v) is 1.72. The molecule has 2 aromatic rings. The summed E-state index contributed by atoms with van der Waals surface area (Å²) in [6, 6.07) is 7.09. The molecule has 0 atom stereocenters. The van der Waals surface area contributed by atoms with Gasteiger partial charge in [-0.05, 0) is 32.0 Å². The van der Waals surface area contributed by atoms with Crippen LogP contribution >= 0.6 is 11.6 Å². The minimum absolute atomic E-state index is 0.201. The molecule has 0 spiro atoms. The Morgan fingerprint density at radius 3 is 2.94 bits per heavy atom. The number of hydrogen-bond acceptors (Lipinski definition) is 4. The lowest BCUT2D eigenvalue weighted by molar-refractivity contribution is 0.0518. The monoisotopic (exact) mass is 265 g/mol. The molecular weight excluding hydrogens is 254 g/mol. The molecule has 0 aliphatic rings. The Morgan fingerprint density at radius 1 is 1.50 bits per heavy atom. The van der Waals surface area contributed by atoms with Crippen LogP contribution in [0.15, 0.2) is 28.7 Å². The van der Waals surface area contributed by atoms with E-state index < -0.39 is 5.97 Å². The predicted octanol–water partition coefficient (Wildman–Crippen LogP) is 3.48. The molecule has 1 aromatic carbocycles. The number of esters is 1. The van der Waals surface area contributed by atoms with Crippen molar-refractivity contribution in [2.75, 3.05) is 6.61 Å². The van der Waals surface area contributed by atoms with Gasteiger partial charge in [0, 0.05) is 10.6 Å². The summed E-state index contributed by atoms with van der Waals surface area (Å²) in [4.78, 5) is 15.7. The minimum atomic E-state index is -0.480. The Morgan fingerprint density at radius 2 is 2.28 bits per heavy atom. The zero-order valence-electron chi connectivity index (χ0n) is 10.1. The van der Waals surface area contributed by atoms with E-state index in [-0.39, 0.29) is 5.69 Å². The van der Waals surface area contributed by atoms with Gasteiger partial charge in [-0.15, -0.1) is 0 Å². The summed E-state index contributed by atoms with van der Waals surface area (Å²) < 4.78 is 10.3. The summed E-state index contributed by atoms with van der Waals surface area (Å²) in [6.45, 7) is 3.72. The predicted molar refractivity (Wildman–Crippen MR) is 67.6 cm³/mol. The lowest BCUT2D eigenvalue weighted by Crippen LogP contribution is -2.06. The number of oxazole rings is 1. The average molecular weight is 266 g/mol. The highest BCUT2D eigenvalue weighted by Crippen LogP contribution is 2.24. The zero-order chi connectivity index (χ0) is 13.1. The number of carbonyl (C=O) groups is 1. The molecule has 1 heterocycles. The van der Waals surface area contributed by atoms with Crippen LogP contribution in [0.25, 0.3) is 11.5 Å². The van der Waals surface area contributed by atoms with Gasteiger partial charge in [0.1, 0.15) is 5.76 Å². The van der Waals surface area contributed by atoms with Crippen molar-refractivity contribution in [2.24, 2.45) is 0 Å². The fraction of sp³-hybridized carbons (Fsp3) is 0.231. The Bertz CT molecular complexity index is 577. The first-order valence-electron chi connectivity index (χ1n) is 5.52. The lowest BCUT2D eigenvalue weighted by Gasteiger charge is -1.96. The molecule has 0 radical (unpaired) electrons. The largest absolute Gasteiger partial charge is 0.461 e. The highest BCUT2D eigenvalue weighted by molar-refractivity contribution is 6.30. The molecule has 0 N–H and O–H groups in total. The van der Waals surface area contributed by atoms with E-state index in [2.05, 4.69) is 4.98 Å². The number of nitrogens with zero attached hydrogens (tertiary/aromatic N) is 1. The van der Waals surface area contributed by atoms with Crippen molar-refractivity contribution in [3.05, 3.63) is 40.7 Å². The number of aryl methyl sites for hydroxylation is 1. The molecule has 2 rings (SSSR count). The van der Waals surface area contributed by atoms with Crippen LogP contribution in [0.3, 0.4) is 0 Å². The lowest BCUT2D eigenvalue weighted by atomic mass is 10.2. The Labute approximate surface area is 110 Å². The van der Waals surface area contributed by atoms with Gasteiger partial charge in [0.05, 0.1) is 6.61 Å². The molecule has 0 saturated carbocycles. The van der Waals surface area contributed by atoms with E-state index in [4.69, 9.17) is 20.8 Å². The van der Waals surface area contributed by atoms with E-state index in [9.17, 15) is 4.79 Å². The molecule has 0 unspecified atom stereocenters. The maximum absolute atomic E-state index is 11.6. The Hall–Kier alpha value is -1.81. The summed E-state index contributed by atoms with van der Waals surface area (Å²) in [5.74, 6) is 0.313. The zero-order valence-corrected chi connectivity index (χ0v) is 10.8. The number of rotatable bonds is 3. The van der Waals surface area contributed by atoms with Crippen molar-refractivity contribution < 1.29 is 13.9 Å². The van der Waals surface area contributed by atoms with Gasteiger partial charge in [0.15, 0.2) is 5.69 Å². The number of hydrogen-bond donors (Lipinski definition) is 0. The van der Waals surface area contributed by atoms with E-state index in [1.54, 1.807) is 32.0 Å². The first-order chi connectivity index (χ1) is 8.61. The second-order valence-corrected chi connectivity index (χ2v) is 4.09. The fourth-order valence-electron chi connectivity index (χ4n) is 1.53. The van der Waals surface area contributed by atoms with Gasteiger partial charge >= 0.3 is 5.97 Å². The molecule has 0 fully saturated rings. The molecular formula is C13H12ClNO3. The molecule has 94 valence electrons. The molecule has 5 heteroatoms. The van der Waals surface area contributed by atoms with Gasteiger partial charge in [-0.3, -0.25) is 0 Å². The maximum Gasteiger partial charge on any atom is 0.360 e. The Balaban J connectivity index is 2.37. The van der Waals surface area contributed by atoms with Gasteiger partial charge in [0.25, 0.3) is 0 Å². The van der Waals surface area contributed by atoms with Gasteiger partial charge in [-0.1, -0.05) is 17.7 Å². The van der Waals surface area contributed by atoms with E-state index >= 15 is 0 Å². The van der Waals surface area contributed by atoms with Crippen LogP contribution in [-0.4, -0.2) is 17.6 Å². The summed E-state index contributed by atoms with van der Waals surface area (Å²) in [7, 11) is 0. The van der Waals surface area contributed by atoms with Crippen LogP contribution in [0.1, 0.15) is 23.2 Å². The van der Waals surface area contributed by atoms with Crippen molar-refractivity contribution in [2.45, 2.75) is 13.8 Å². The van der Waals surface area contributed by atoms with Crippen LogP contribution < -0.4 is 0 Å². The molecule has 0 aliphatic heterocycles. The third-order valence-electron chi connectivity index (χ3n) is 2.34. The van der Waals surface area contributed by atoms with Crippen LogP contribution in [-0.2, 0) is 4.74 Å². The highest BCUT2D eigenvalue weighted by Gasteiger charge is 2.18. The Kier molecular flexibility index (Phi) is 3.67. The van der Waals surface area contributed by atoms with Crippen LogP contribution in [0.4, 0.5) is 0 Å². The number of halogens is 1. The SMILES string of the molecule is CCOC(=O)c1nc(-c2cccc(Cl)c2)oc1C. The molecule has 4 nitrogen and oxygen atoms in total. The van der Waals surface area contributed by atoms with Gasteiger partial charge in [0.2, 0.25) is 5.89 Å². The smallest absolute Gasteiger partial charge is 0.360 e. The second kappa shape index (κ2) is 5.23. The van der Waals surface area contributed by atoms with E-state index in [0.29, 0.717) is 23.3 Å². The number of ether oxygens (including phenoxy) is 1. The first-order valence-corrected chi connectivity index (χ1v) is 5.90. The molecule has 0 saturated heterocycles. The molecule has 0 aliphatic carbocycles. The molecule has 18 heavy (non-hydrogen) atoms. The number of carbonyl (C=O) groups excluding carboxylic acids is 1. The van der Waals surface area contributed by atoms with Gasteiger partial charge in [-0.25, -0.2) is 9.78 Å². The van der Waals surface area contributed by atoms with E-state index in [1.165, 1.54) is 0 Å². The third-order valence-corrected chi connectivity index (χ3v) is 2.57. The van der Waals surface area contributed by atoms with Crippen molar-refractivity contribution in [1.82, 2.24) is 4.98 Å². The second-order valence-electron chi connectivity index (χ2n) is 3.65. The molecule has 1 aromatic heterocycles. The summed E-state index contributed by atoms with van der Waals surface area (Å²) in [5.41, 5.74) is 0.924. The van der Waals surface area contributed by atoms with E-state index in [0.717, 1.165) is 5.56 Å². The normalized spacial score (nSPS) is 10.4.